The third-order valence-electron chi connectivity index (χ3n) is 6.52. The number of nitrogens with one attached hydrogen (secondary N) is 1. The molecule has 1 N–H and O–H groups in total. The largest absolute Gasteiger partial charge is 0.353 e. The zero-order valence-corrected chi connectivity index (χ0v) is 18.3. The number of benzene rings is 1. The average Bonchev–Trinajstić information content (AvgIpc) is 3.30. The number of aromatic nitrogens is 1. The minimum Gasteiger partial charge on any atom is -0.353 e. The molecule has 1 aromatic heterocycles. The lowest BCUT2D eigenvalue weighted by molar-refractivity contribution is -0.136. The first-order valence-electron chi connectivity index (χ1n) is 11.3. The van der Waals surface area contributed by atoms with Crippen LogP contribution in [0.2, 0.25) is 0 Å². The topological polar surface area (TPSA) is 72.0 Å². The second-order valence-electron chi connectivity index (χ2n) is 8.53. The number of hydrogen-bond acceptors (Lipinski definition) is 6. The first-order chi connectivity index (χ1) is 16.1. The summed E-state index contributed by atoms with van der Waals surface area (Å²) in [6.07, 6.45) is 6.23. The van der Waals surface area contributed by atoms with Gasteiger partial charge in [0.05, 0.1) is 6.04 Å². The molecule has 1 aromatic carbocycles. The Balaban J connectivity index is 1.12. The predicted molar refractivity (Wildman–Crippen MR) is 121 cm³/mol. The summed E-state index contributed by atoms with van der Waals surface area (Å²) in [5.74, 6) is 0.692. The van der Waals surface area contributed by atoms with Crippen LogP contribution in [0.3, 0.4) is 0 Å². The van der Waals surface area contributed by atoms with E-state index in [0.29, 0.717) is 32.5 Å². The Hall–Kier alpha value is -3.46. The van der Waals surface area contributed by atoms with Crippen LogP contribution in [0.4, 0.5) is 10.2 Å². The Bertz CT molecular complexity index is 1020. The minimum absolute atomic E-state index is 0.0256. The van der Waals surface area contributed by atoms with Crippen molar-refractivity contribution in [2.45, 2.75) is 24.9 Å². The molecule has 2 atom stereocenters. The fraction of sp³-hybridized carbons (Fsp3) is 0.375. The lowest BCUT2D eigenvalue weighted by atomic mass is 10.0. The number of rotatable bonds is 5. The molecule has 5 rings (SSSR count). The molecule has 0 bridgehead atoms. The fourth-order valence-corrected chi connectivity index (χ4v) is 4.63. The fourth-order valence-electron chi connectivity index (χ4n) is 4.63. The first-order valence-corrected chi connectivity index (χ1v) is 11.3. The van der Waals surface area contributed by atoms with E-state index in [4.69, 9.17) is 0 Å². The van der Waals surface area contributed by atoms with Crippen LogP contribution in [0.15, 0.2) is 61.1 Å². The molecule has 3 aliphatic rings. The van der Waals surface area contributed by atoms with E-state index in [1.807, 2.05) is 34.3 Å². The summed E-state index contributed by atoms with van der Waals surface area (Å²) in [5.41, 5.74) is 4.25. The molecule has 3 aliphatic heterocycles. The summed E-state index contributed by atoms with van der Waals surface area (Å²) in [5, 5.41) is 1.81. The van der Waals surface area contributed by atoms with E-state index in [2.05, 4.69) is 15.3 Å². The Morgan fingerprint density at radius 2 is 1.85 bits per heavy atom. The monoisotopic (exact) mass is 450 g/mol. The van der Waals surface area contributed by atoms with E-state index in [1.165, 1.54) is 12.1 Å². The summed E-state index contributed by atoms with van der Waals surface area (Å²) < 4.78 is 13.2. The highest BCUT2D eigenvalue weighted by Gasteiger charge is 2.40. The highest BCUT2D eigenvalue weighted by molar-refractivity contribution is 5.85. The van der Waals surface area contributed by atoms with Gasteiger partial charge in [-0.1, -0.05) is 18.2 Å². The Labute approximate surface area is 192 Å². The average molecular weight is 451 g/mol. The maximum atomic E-state index is 13.2. The lowest BCUT2D eigenvalue weighted by Crippen LogP contribution is -2.51. The van der Waals surface area contributed by atoms with Crippen molar-refractivity contribution in [3.05, 3.63) is 72.4 Å². The molecule has 9 heteroatoms. The van der Waals surface area contributed by atoms with E-state index in [-0.39, 0.29) is 29.7 Å². The highest BCUT2D eigenvalue weighted by atomic mass is 19.1. The van der Waals surface area contributed by atoms with Crippen molar-refractivity contribution < 1.29 is 14.0 Å². The molecule has 0 spiro atoms. The number of amides is 2. The maximum Gasteiger partial charge on any atom is 0.250 e. The molecule has 2 amide bonds. The Morgan fingerprint density at radius 3 is 2.58 bits per heavy atom. The van der Waals surface area contributed by atoms with Crippen molar-refractivity contribution in [2.75, 3.05) is 37.6 Å². The number of carbonyl (C=O) groups excluding carboxylic acids is 2. The number of halogens is 1. The van der Waals surface area contributed by atoms with E-state index in [0.717, 1.165) is 24.5 Å². The van der Waals surface area contributed by atoms with Gasteiger partial charge in [0.25, 0.3) is 5.91 Å². The number of carbonyl (C=O) groups is 2. The highest BCUT2D eigenvalue weighted by Crippen LogP contribution is 2.31. The third kappa shape index (κ3) is 4.54. The molecular weight excluding hydrogens is 423 g/mol. The van der Waals surface area contributed by atoms with Crippen LogP contribution in [0.25, 0.3) is 0 Å². The molecule has 172 valence electrons. The maximum absolute atomic E-state index is 13.2. The van der Waals surface area contributed by atoms with Crippen LogP contribution in [0.5, 0.6) is 0 Å². The van der Waals surface area contributed by atoms with Gasteiger partial charge in [0.1, 0.15) is 17.7 Å². The zero-order chi connectivity index (χ0) is 22.8. The minimum atomic E-state index is -0.331. The number of nitrogens with zero attached hydrogens (tertiary/aromatic N) is 5. The summed E-state index contributed by atoms with van der Waals surface area (Å²) in [4.78, 5) is 35.8. The van der Waals surface area contributed by atoms with Crippen molar-refractivity contribution >= 4 is 17.6 Å². The SMILES string of the molecule is O=C1C2CC(c3ccc(F)cc3)NN2C=CN1CCC(=O)N1CCN(c2ccccn2)CC1. The summed E-state index contributed by atoms with van der Waals surface area (Å²) in [6, 6.07) is 11.8. The van der Waals surface area contributed by atoms with Crippen LogP contribution in [-0.4, -0.2) is 70.4 Å². The molecule has 2 saturated heterocycles. The number of hydrogen-bond donors (Lipinski definition) is 1. The number of hydrazine groups is 1. The van der Waals surface area contributed by atoms with Gasteiger partial charge in [0.2, 0.25) is 5.91 Å². The molecule has 0 saturated carbocycles. The van der Waals surface area contributed by atoms with E-state index < -0.39 is 0 Å². The normalized spacial score (nSPS) is 22.6. The molecule has 0 aliphatic carbocycles. The van der Waals surface area contributed by atoms with Gasteiger partial charge in [0, 0.05) is 57.7 Å². The van der Waals surface area contributed by atoms with Crippen molar-refractivity contribution in [3.63, 3.8) is 0 Å². The van der Waals surface area contributed by atoms with Crippen molar-refractivity contribution in [1.29, 1.82) is 0 Å². The van der Waals surface area contributed by atoms with Gasteiger partial charge < -0.3 is 19.7 Å². The second-order valence-corrected chi connectivity index (χ2v) is 8.53. The molecule has 33 heavy (non-hydrogen) atoms. The second kappa shape index (κ2) is 9.19. The van der Waals surface area contributed by atoms with E-state index in [1.54, 1.807) is 29.4 Å². The van der Waals surface area contributed by atoms with E-state index in [9.17, 15) is 14.0 Å². The van der Waals surface area contributed by atoms with Gasteiger partial charge in [-0.05, 0) is 36.2 Å². The van der Waals surface area contributed by atoms with Crippen molar-refractivity contribution in [3.8, 4) is 0 Å². The zero-order valence-electron chi connectivity index (χ0n) is 18.3. The Morgan fingerprint density at radius 1 is 1.06 bits per heavy atom. The molecule has 4 heterocycles. The molecule has 2 aromatic rings. The van der Waals surface area contributed by atoms with Crippen molar-refractivity contribution in [2.24, 2.45) is 0 Å². The van der Waals surface area contributed by atoms with Gasteiger partial charge >= 0.3 is 0 Å². The first kappa shape index (κ1) is 21.4. The number of piperazine rings is 1. The summed E-state index contributed by atoms with van der Waals surface area (Å²) in [7, 11) is 0. The number of fused-ring (bicyclic) bond motifs is 1. The quantitative estimate of drug-likeness (QED) is 0.750. The summed E-state index contributed by atoms with van der Waals surface area (Å²) in [6.45, 7) is 3.16. The number of anilines is 1. The van der Waals surface area contributed by atoms with Crippen LogP contribution in [0.1, 0.15) is 24.4 Å². The molecule has 2 unspecified atom stereocenters. The van der Waals surface area contributed by atoms with Crippen molar-refractivity contribution in [1.82, 2.24) is 25.2 Å². The van der Waals surface area contributed by atoms with Crippen LogP contribution in [0, 0.1) is 5.82 Å². The standard InChI is InChI=1S/C24H27FN6O2/c25-19-6-4-18(5-7-19)20-17-21-24(33)30(15-16-31(21)27-20)10-8-23(32)29-13-11-28(12-14-29)22-3-1-2-9-26-22/h1-7,9,15-16,20-21,27H,8,10-14,17H2. The van der Waals surface area contributed by atoms with Crippen LogP contribution in [-0.2, 0) is 9.59 Å². The predicted octanol–water partition coefficient (Wildman–Crippen LogP) is 1.89. The number of pyridine rings is 1. The molecule has 0 radical (unpaired) electrons. The van der Waals surface area contributed by atoms with Crippen LogP contribution >= 0.6 is 0 Å². The smallest absolute Gasteiger partial charge is 0.250 e. The Kier molecular flexibility index (Phi) is 5.95. The van der Waals surface area contributed by atoms with Crippen LogP contribution < -0.4 is 10.3 Å². The lowest BCUT2D eigenvalue weighted by Gasteiger charge is -2.36. The van der Waals surface area contributed by atoms with E-state index >= 15 is 0 Å². The van der Waals surface area contributed by atoms with Gasteiger partial charge in [-0.15, -0.1) is 0 Å². The van der Waals surface area contributed by atoms with Gasteiger partial charge in [0.15, 0.2) is 0 Å². The van der Waals surface area contributed by atoms with Gasteiger partial charge in [-0.25, -0.2) is 14.8 Å². The molecule has 2 fully saturated rings. The molecule has 8 nitrogen and oxygen atoms in total. The third-order valence-corrected chi connectivity index (χ3v) is 6.52. The van der Waals surface area contributed by atoms with Gasteiger partial charge in [-0.3, -0.25) is 9.59 Å². The summed E-state index contributed by atoms with van der Waals surface area (Å²) >= 11 is 0. The molecular formula is C24H27FN6O2. The van der Waals surface area contributed by atoms with Gasteiger partial charge in [-0.2, -0.15) is 0 Å².